The average Bonchev–Trinajstić information content (AvgIpc) is 2.37. The Labute approximate surface area is 108 Å². The first-order chi connectivity index (χ1) is 8.60. The predicted octanol–water partition coefficient (Wildman–Crippen LogP) is 2.27. The summed E-state index contributed by atoms with van der Waals surface area (Å²) >= 11 is 0. The monoisotopic (exact) mass is 251 g/mol. The lowest BCUT2D eigenvalue weighted by Gasteiger charge is -2.36. The zero-order chi connectivity index (χ0) is 13.1. The third-order valence-electron chi connectivity index (χ3n) is 3.58. The molecule has 1 aliphatic heterocycles. The number of benzene rings is 1. The van der Waals surface area contributed by atoms with E-state index in [1.165, 1.54) is 6.07 Å². The van der Waals surface area contributed by atoms with Crippen LogP contribution in [0.5, 0.6) is 11.5 Å². The van der Waals surface area contributed by atoms with Gasteiger partial charge < -0.3 is 14.9 Å². The van der Waals surface area contributed by atoms with Crippen molar-refractivity contribution in [2.45, 2.75) is 32.4 Å². The van der Waals surface area contributed by atoms with E-state index in [-0.39, 0.29) is 23.6 Å². The summed E-state index contributed by atoms with van der Waals surface area (Å²) in [7, 11) is 0. The van der Waals surface area contributed by atoms with Gasteiger partial charge in [-0.25, -0.2) is 0 Å². The highest BCUT2D eigenvalue weighted by Gasteiger charge is 2.24. The molecule has 0 aliphatic carbocycles. The van der Waals surface area contributed by atoms with Crippen molar-refractivity contribution in [3.63, 3.8) is 0 Å². The zero-order valence-corrected chi connectivity index (χ0v) is 11.0. The first-order valence-corrected chi connectivity index (χ1v) is 6.48. The van der Waals surface area contributed by atoms with Crippen molar-refractivity contribution in [2.24, 2.45) is 0 Å². The Bertz CT molecular complexity index is 388. The normalized spacial score (nSPS) is 22.9. The highest BCUT2D eigenvalue weighted by Crippen LogP contribution is 2.29. The molecule has 1 fully saturated rings. The molecular formula is C14H21NO3. The van der Waals surface area contributed by atoms with Crippen molar-refractivity contribution in [3.8, 4) is 11.5 Å². The van der Waals surface area contributed by atoms with Crippen LogP contribution >= 0.6 is 0 Å². The summed E-state index contributed by atoms with van der Waals surface area (Å²) in [5.74, 6) is 0.217. The Morgan fingerprint density at radius 1 is 1.33 bits per heavy atom. The summed E-state index contributed by atoms with van der Waals surface area (Å²) in [6.45, 7) is 6.74. The van der Waals surface area contributed by atoms with Crippen LogP contribution in [0, 0.1) is 0 Å². The van der Waals surface area contributed by atoms with E-state index < -0.39 is 0 Å². The number of hydrogen-bond acceptors (Lipinski definition) is 4. The van der Waals surface area contributed by atoms with Gasteiger partial charge in [-0.05, 0) is 31.0 Å². The minimum atomic E-state index is 0.108. The fourth-order valence-electron chi connectivity index (χ4n) is 2.41. The number of morpholine rings is 1. The Kier molecular flexibility index (Phi) is 4.09. The van der Waals surface area contributed by atoms with E-state index in [0.717, 1.165) is 31.7 Å². The Morgan fingerprint density at radius 3 is 2.61 bits per heavy atom. The summed E-state index contributed by atoms with van der Waals surface area (Å²) in [6.07, 6.45) is 1.29. The minimum Gasteiger partial charge on any atom is -0.508 e. The smallest absolute Gasteiger partial charge is 0.119 e. The molecule has 0 spiro atoms. The largest absolute Gasteiger partial charge is 0.508 e. The number of ether oxygens (including phenoxy) is 1. The zero-order valence-electron chi connectivity index (χ0n) is 11.0. The number of phenolic OH excluding ortho intramolecular Hbond substituents is 2. The molecule has 1 heterocycles. The summed E-state index contributed by atoms with van der Waals surface area (Å²) in [4.78, 5) is 2.33. The molecule has 1 saturated heterocycles. The lowest BCUT2D eigenvalue weighted by molar-refractivity contribution is -0.0425. The molecule has 18 heavy (non-hydrogen) atoms. The topological polar surface area (TPSA) is 52.9 Å². The molecule has 0 amide bonds. The van der Waals surface area contributed by atoms with Crippen LogP contribution in [0.2, 0.25) is 0 Å². The summed E-state index contributed by atoms with van der Waals surface area (Å²) < 4.78 is 5.65. The van der Waals surface area contributed by atoms with Crippen LogP contribution < -0.4 is 0 Å². The van der Waals surface area contributed by atoms with Gasteiger partial charge >= 0.3 is 0 Å². The van der Waals surface area contributed by atoms with Gasteiger partial charge in [0, 0.05) is 25.2 Å². The van der Waals surface area contributed by atoms with Crippen molar-refractivity contribution in [1.82, 2.24) is 4.90 Å². The second-order valence-electron chi connectivity index (χ2n) is 4.85. The fourth-order valence-corrected chi connectivity index (χ4v) is 2.41. The van der Waals surface area contributed by atoms with Crippen LogP contribution in [0.25, 0.3) is 0 Å². The van der Waals surface area contributed by atoms with Gasteiger partial charge in [0.1, 0.15) is 11.5 Å². The quantitative estimate of drug-likeness (QED) is 0.865. The molecule has 0 radical (unpaired) electrons. The molecular weight excluding hydrogens is 230 g/mol. The Balaban J connectivity index is 2.12. The van der Waals surface area contributed by atoms with E-state index in [4.69, 9.17) is 4.74 Å². The molecule has 0 bridgehead atoms. The molecule has 2 rings (SSSR count). The second-order valence-corrected chi connectivity index (χ2v) is 4.85. The van der Waals surface area contributed by atoms with Crippen LogP contribution in [-0.4, -0.2) is 40.9 Å². The van der Waals surface area contributed by atoms with Crippen molar-refractivity contribution >= 4 is 0 Å². The molecule has 2 atom stereocenters. The van der Waals surface area contributed by atoms with Gasteiger partial charge in [0.2, 0.25) is 0 Å². The second kappa shape index (κ2) is 5.59. The van der Waals surface area contributed by atoms with E-state index in [0.29, 0.717) is 0 Å². The van der Waals surface area contributed by atoms with Crippen molar-refractivity contribution in [3.05, 3.63) is 23.8 Å². The molecule has 0 aromatic heterocycles. The standard InChI is InChI=1S/C14H21NO3/c1-3-14-9-15(4-5-18-14)10(2)11-6-12(16)8-13(17)7-11/h6-8,10,14,16-17H,3-5,9H2,1-2H3. The number of rotatable bonds is 3. The number of phenols is 2. The maximum atomic E-state index is 9.54. The average molecular weight is 251 g/mol. The Morgan fingerprint density at radius 2 is 2.00 bits per heavy atom. The van der Waals surface area contributed by atoms with Gasteiger partial charge in [0.05, 0.1) is 12.7 Å². The maximum absolute atomic E-state index is 9.54. The van der Waals surface area contributed by atoms with Crippen LogP contribution in [-0.2, 0) is 4.74 Å². The van der Waals surface area contributed by atoms with Crippen LogP contribution in [0.3, 0.4) is 0 Å². The predicted molar refractivity (Wildman–Crippen MR) is 69.8 cm³/mol. The first kappa shape index (κ1) is 13.2. The molecule has 2 unspecified atom stereocenters. The van der Waals surface area contributed by atoms with Crippen LogP contribution in [0.1, 0.15) is 31.9 Å². The van der Waals surface area contributed by atoms with E-state index >= 15 is 0 Å². The van der Waals surface area contributed by atoms with Gasteiger partial charge in [-0.15, -0.1) is 0 Å². The molecule has 4 nitrogen and oxygen atoms in total. The molecule has 0 saturated carbocycles. The molecule has 1 aliphatic rings. The van der Waals surface area contributed by atoms with Gasteiger partial charge in [-0.1, -0.05) is 6.92 Å². The molecule has 1 aromatic carbocycles. The fraction of sp³-hybridized carbons (Fsp3) is 0.571. The van der Waals surface area contributed by atoms with E-state index in [1.807, 2.05) is 0 Å². The lowest BCUT2D eigenvalue weighted by Crippen LogP contribution is -2.43. The van der Waals surface area contributed by atoms with E-state index in [9.17, 15) is 10.2 Å². The number of nitrogens with zero attached hydrogens (tertiary/aromatic N) is 1. The number of aromatic hydroxyl groups is 2. The third-order valence-corrected chi connectivity index (χ3v) is 3.58. The minimum absolute atomic E-state index is 0.108. The van der Waals surface area contributed by atoms with Crippen molar-refractivity contribution in [1.29, 1.82) is 0 Å². The van der Waals surface area contributed by atoms with Gasteiger partial charge in [-0.2, -0.15) is 0 Å². The molecule has 1 aromatic rings. The highest BCUT2D eigenvalue weighted by atomic mass is 16.5. The number of hydrogen-bond donors (Lipinski definition) is 2. The molecule has 4 heteroatoms. The van der Waals surface area contributed by atoms with Gasteiger partial charge in [0.15, 0.2) is 0 Å². The molecule has 2 N–H and O–H groups in total. The lowest BCUT2D eigenvalue weighted by atomic mass is 10.0. The van der Waals surface area contributed by atoms with Crippen LogP contribution in [0.4, 0.5) is 0 Å². The van der Waals surface area contributed by atoms with Crippen LogP contribution in [0.15, 0.2) is 18.2 Å². The summed E-state index contributed by atoms with van der Waals surface area (Å²) in [5.41, 5.74) is 0.934. The summed E-state index contributed by atoms with van der Waals surface area (Å²) in [6, 6.07) is 4.94. The Hall–Kier alpha value is -1.26. The van der Waals surface area contributed by atoms with E-state index in [1.54, 1.807) is 12.1 Å². The third kappa shape index (κ3) is 2.94. The van der Waals surface area contributed by atoms with Gasteiger partial charge in [-0.3, -0.25) is 4.90 Å². The SMILES string of the molecule is CCC1CN(C(C)c2cc(O)cc(O)c2)CCO1. The maximum Gasteiger partial charge on any atom is 0.119 e. The van der Waals surface area contributed by atoms with Gasteiger partial charge in [0.25, 0.3) is 0 Å². The highest BCUT2D eigenvalue weighted by molar-refractivity contribution is 5.38. The molecule has 100 valence electrons. The van der Waals surface area contributed by atoms with Crippen molar-refractivity contribution in [2.75, 3.05) is 19.7 Å². The summed E-state index contributed by atoms with van der Waals surface area (Å²) in [5, 5.41) is 19.1. The first-order valence-electron chi connectivity index (χ1n) is 6.48. The van der Waals surface area contributed by atoms with E-state index in [2.05, 4.69) is 18.7 Å². The van der Waals surface area contributed by atoms with Crippen molar-refractivity contribution < 1.29 is 14.9 Å².